The van der Waals surface area contributed by atoms with Crippen molar-refractivity contribution in [2.24, 2.45) is 5.92 Å². The fraction of sp³-hybridized carbons (Fsp3) is 0.387. The van der Waals surface area contributed by atoms with Crippen LogP contribution in [0.1, 0.15) is 38.7 Å². The lowest BCUT2D eigenvalue weighted by Crippen LogP contribution is -2.38. The average Bonchev–Trinajstić information content (AvgIpc) is 3.60. The van der Waals surface area contributed by atoms with Gasteiger partial charge in [-0.25, -0.2) is 14.8 Å². The number of nitrogens with one attached hydrogen (secondary N) is 2. The van der Waals surface area contributed by atoms with Crippen LogP contribution in [0.15, 0.2) is 65.8 Å². The van der Waals surface area contributed by atoms with E-state index in [1.165, 1.54) is 10.9 Å². The summed E-state index contributed by atoms with van der Waals surface area (Å²) in [5, 5.41) is 13.7. The Balaban J connectivity index is 1.32. The van der Waals surface area contributed by atoms with Gasteiger partial charge in [-0.1, -0.05) is 50.2 Å². The van der Waals surface area contributed by atoms with Crippen molar-refractivity contribution in [3.63, 3.8) is 0 Å². The van der Waals surface area contributed by atoms with E-state index in [0.29, 0.717) is 5.82 Å². The summed E-state index contributed by atoms with van der Waals surface area (Å²) in [5.41, 5.74) is -0.0161. The van der Waals surface area contributed by atoms with Crippen molar-refractivity contribution in [3.05, 3.63) is 77.0 Å². The van der Waals surface area contributed by atoms with Gasteiger partial charge in [0.15, 0.2) is 23.5 Å². The van der Waals surface area contributed by atoms with E-state index < -0.39 is 54.9 Å². The van der Waals surface area contributed by atoms with E-state index in [9.17, 15) is 24.3 Å². The molecule has 248 valence electrons. The maximum atomic E-state index is 13.0. The number of esters is 1. The van der Waals surface area contributed by atoms with Gasteiger partial charge in [0.25, 0.3) is 5.56 Å². The molecule has 1 amide bonds. The Bertz CT molecular complexity index is 1760. The number of carbonyl (C=O) groups is 3. The summed E-state index contributed by atoms with van der Waals surface area (Å²) in [6.45, 7) is 4.31. The highest BCUT2D eigenvalue weighted by Gasteiger charge is 2.48. The van der Waals surface area contributed by atoms with Crippen LogP contribution in [-0.2, 0) is 28.5 Å². The van der Waals surface area contributed by atoms with Gasteiger partial charge in [0, 0.05) is 26.1 Å². The number of rotatable bonds is 11. The van der Waals surface area contributed by atoms with Crippen molar-refractivity contribution in [3.8, 4) is 0 Å². The Kier molecular flexibility index (Phi) is 10.1. The fourth-order valence-corrected chi connectivity index (χ4v) is 4.95. The number of pyridine rings is 1. The first-order chi connectivity index (χ1) is 22.5. The standard InChI is InChI=1S/C31H35N7O9/c1-17(2)27(41)35-30-34-26-23(28(42)36-30)33-16-38(26)29-24(40)25(45-18(3)39)21(46-29)15-44-31(43)47-20(19-10-6-5-7-11-19)14-37(4)22-12-8-9-13-32-22/h5-13,16-17,20-21,24-25,29,40H,14-15H2,1-4H3,(H2,34,35,36,41,42)/t20?,21-,24-,25-,29-/m1/s1. The molecule has 5 rings (SSSR count). The van der Waals surface area contributed by atoms with E-state index >= 15 is 0 Å². The Morgan fingerprint density at radius 1 is 1.13 bits per heavy atom. The molecule has 5 atom stereocenters. The minimum absolute atomic E-state index is 0.0119. The van der Waals surface area contributed by atoms with Crippen LogP contribution in [0.4, 0.5) is 16.6 Å². The Morgan fingerprint density at radius 3 is 2.55 bits per heavy atom. The van der Waals surface area contributed by atoms with Crippen LogP contribution in [0.3, 0.4) is 0 Å². The number of aliphatic hydroxyl groups is 1. The first-order valence-corrected chi connectivity index (χ1v) is 14.8. The number of aromatic amines is 1. The van der Waals surface area contributed by atoms with E-state index in [0.717, 1.165) is 12.5 Å². The molecular weight excluding hydrogens is 614 g/mol. The third-order valence-corrected chi connectivity index (χ3v) is 7.34. The van der Waals surface area contributed by atoms with Gasteiger partial charge in [0.05, 0.1) is 12.9 Å². The number of H-pyrrole nitrogens is 1. The summed E-state index contributed by atoms with van der Waals surface area (Å²) < 4.78 is 23.8. The third kappa shape index (κ3) is 7.73. The van der Waals surface area contributed by atoms with Crippen molar-refractivity contribution < 1.29 is 38.4 Å². The lowest BCUT2D eigenvalue weighted by molar-refractivity contribution is -0.154. The maximum absolute atomic E-state index is 13.0. The molecule has 0 radical (unpaired) electrons. The molecule has 0 bridgehead atoms. The average molecular weight is 650 g/mol. The zero-order chi connectivity index (χ0) is 33.7. The lowest BCUT2D eigenvalue weighted by atomic mass is 10.1. The summed E-state index contributed by atoms with van der Waals surface area (Å²) in [5.74, 6) is -0.935. The van der Waals surface area contributed by atoms with Gasteiger partial charge >= 0.3 is 12.1 Å². The SMILES string of the molecule is CC(=O)O[C@H]1[C@@H](O)[C@H](n2cnc3c(=O)[nH]c(NC(=O)C(C)C)nc32)O[C@@H]1COC(=O)OC(CN(C)c1ccccn1)c1ccccc1. The minimum atomic E-state index is -1.49. The van der Waals surface area contributed by atoms with Gasteiger partial charge in [-0.05, 0) is 17.7 Å². The number of likely N-dealkylation sites (N-methyl/N-ethyl adjacent to an activating group) is 1. The summed E-state index contributed by atoms with van der Waals surface area (Å²) in [6, 6.07) is 14.6. The number of aromatic nitrogens is 5. The quantitative estimate of drug-likeness (QED) is 0.200. The van der Waals surface area contributed by atoms with Crippen LogP contribution >= 0.6 is 0 Å². The highest BCUT2D eigenvalue weighted by molar-refractivity contribution is 5.91. The normalized spacial score (nSPS) is 19.7. The molecule has 1 aromatic carbocycles. The lowest BCUT2D eigenvalue weighted by Gasteiger charge is -2.25. The van der Waals surface area contributed by atoms with Gasteiger partial charge in [-0.3, -0.25) is 29.3 Å². The molecule has 1 aliphatic heterocycles. The van der Waals surface area contributed by atoms with Crippen molar-refractivity contribution in [1.29, 1.82) is 0 Å². The molecule has 0 spiro atoms. The first-order valence-electron chi connectivity index (χ1n) is 14.8. The number of benzene rings is 1. The summed E-state index contributed by atoms with van der Waals surface area (Å²) in [6.07, 6.45) is -4.05. The van der Waals surface area contributed by atoms with Gasteiger partial charge in [-0.15, -0.1) is 0 Å². The number of ether oxygens (including phenoxy) is 4. The van der Waals surface area contributed by atoms with Gasteiger partial charge in [0.1, 0.15) is 30.7 Å². The number of hydrogen-bond acceptors (Lipinski definition) is 13. The van der Waals surface area contributed by atoms with Crippen LogP contribution in [-0.4, -0.2) is 86.2 Å². The smallest absolute Gasteiger partial charge is 0.457 e. The zero-order valence-electron chi connectivity index (χ0n) is 26.1. The molecule has 47 heavy (non-hydrogen) atoms. The molecule has 16 nitrogen and oxygen atoms in total. The first kappa shape index (κ1) is 33.0. The summed E-state index contributed by atoms with van der Waals surface area (Å²) in [7, 11) is 1.81. The molecule has 0 aliphatic carbocycles. The number of nitrogens with zero attached hydrogens (tertiary/aromatic N) is 5. The Labute approximate surface area is 268 Å². The molecule has 4 aromatic rings. The second kappa shape index (κ2) is 14.4. The summed E-state index contributed by atoms with van der Waals surface area (Å²) in [4.78, 5) is 66.8. The highest BCUT2D eigenvalue weighted by atomic mass is 16.7. The van der Waals surface area contributed by atoms with E-state index in [4.69, 9.17) is 18.9 Å². The molecule has 1 aliphatic rings. The van der Waals surface area contributed by atoms with Crippen molar-refractivity contribution >= 4 is 41.0 Å². The van der Waals surface area contributed by atoms with Crippen molar-refractivity contribution in [2.75, 3.05) is 30.4 Å². The Morgan fingerprint density at radius 2 is 1.87 bits per heavy atom. The molecule has 4 heterocycles. The topological polar surface area (TPSA) is 200 Å². The van der Waals surface area contributed by atoms with Crippen LogP contribution in [0.5, 0.6) is 0 Å². The number of imidazole rings is 1. The molecule has 16 heteroatoms. The van der Waals surface area contributed by atoms with Crippen LogP contribution in [0, 0.1) is 5.92 Å². The number of amides is 1. The van der Waals surface area contributed by atoms with Gasteiger partial charge < -0.3 is 29.0 Å². The largest absolute Gasteiger partial charge is 0.509 e. The number of fused-ring (bicyclic) bond motifs is 1. The molecule has 1 saturated heterocycles. The van der Waals surface area contributed by atoms with Crippen LogP contribution in [0.2, 0.25) is 0 Å². The predicted molar refractivity (Wildman–Crippen MR) is 166 cm³/mol. The number of carbonyl (C=O) groups excluding carboxylic acids is 3. The molecule has 3 N–H and O–H groups in total. The predicted octanol–water partition coefficient (Wildman–Crippen LogP) is 2.33. The van der Waals surface area contributed by atoms with Crippen LogP contribution < -0.4 is 15.8 Å². The van der Waals surface area contributed by atoms with E-state index in [1.807, 2.05) is 54.4 Å². The fourth-order valence-electron chi connectivity index (χ4n) is 4.95. The van der Waals surface area contributed by atoms with Crippen molar-refractivity contribution in [2.45, 2.75) is 51.4 Å². The van der Waals surface area contributed by atoms with Gasteiger partial charge in [0.2, 0.25) is 11.9 Å². The molecule has 0 saturated carbocycles. The second-order valence-electron chi connectivity index (χ2n) is 11.2. The summed E-state index contributed by atoms with van der Waals surface area (Å²) >= 11 is 0. The molecular formula is C31H35N7O9. The van der Waals surface area contributed by atoms with Crippen LogP contribution in [0.25, 0.3) is 11.2 Å². The van der Waals surface area contributed by atoms with E-state index in [-0.39, 0.29) is 35.5 Å². The maximum Gasteiger partial charge on any atom is 0.509 e. The third-order valence-electron chi connectivity index (χ3n) is 7.34. The van der Waals surface area contributed by atoms with Crippen molar-refractivity contribution in [1.82, 2.24) is 24.5 Å². The second-order valence-corrected chi connectivity index (χ2v) is 11.2. The molecule has 1 fully saturated rings. The Hall–Kier alpha value is -5.35. The van der Waals surface area contributed by atoms with Gasteiger partial charge in [-0.2, -0.15) is 4.98 Å². The minimum Gasteiger partial charge on any atom is -0.457 e. The highest BCUT2D eigenvalue weighted by Crippen LogP contribution is 2.33. The zero-order valence-corrected chi connectivity index (χ0v) is 26.1. The number of anilines is 2. The molecule has 1 unspecified atom stereocenters. The number of hydrogen-bond donors (Lipinski definition) is 3. The number of aliphatic hydroxyl groups excluding tert-OH is 1. The molecule has 3 aromatic heterocycles. The van der Waals surface area contributed by atoms with E-state index in [1.54, 1.807) is 26.1 Å². The van der Waals surface area contributed by atoms with E-state index in [2.05, 4.69) is 25.3 Å². The monoisotopic (exact) mass is 649 g/mol.